The van der Waals surface area contributed by atoms with Gasteiger partial charge in [-0.25, -0.2) is 4.98 Å². The molecule has 3 rings (SSSR count). The second kappa shape index (κ2) is 7.53. The number of carbonyl (C=O) groups is 1. The van der Waals surface area contributed by atoms with Crippen molar-refractivity contribution in [3.05, 3.63) is 52.0 Å². The van der Waals surface area contributed by atoms with Gasteiger partial charge in [0.2, 0.25) is 0 Å². The molecule has 8 heteroatoms. The van der Waals surface area contributed by atoms with Crippen LogP contribution in [-0.4, -0.2) is 35.4 Å². The Balaban J connectivity index is 1.73. The van der Waals surface area contributed by atoms with Crippen LogP contribution in [0, 0.1) is 0 Å². The van der Waals surface area contributed by atoms with Crippen molar-refractivity contribution < 1.29 is 18.0 Å². The molecule has 1 N–H and O–H groups in total. The van der Waals surface area contributed by atoms with Gasteiger partial charge >= 0.3 is 6.18 Å². The van der Waals surface area contributed by atoms with Gasteiger partial charge in [-0.15, -0.1) is 11.3 Å². The van der Waals surface area contributed by atoms with Crippen LogP contribution in [-0.2, 0) is 6.18 Å². The van der Waals surface area contributed by atoms with Crippen molar-refractivity contribution in [1.82, 2.24) is 15.2 Å². The van der Waals surface area contributed by atoms with E-state index in [1.165, 1.54) is 0 Å². The van der Waals surface area contributed by atoms with Crippen molar-refractivity contribution in [2.24, 2.45) is 0 Å². The smallest absolute Gasteiger partial charge is 0.349 e. The minimum absolute atomic E-state index is 0.0464. The van der Waals surface area contributed by atoms with E-state index in [0.717, 1.165) is 37.0 Å². The number of carbonyl (C=O) groups excluding carboxylic acids is 1. The molecule has 0 radical (unpaired) electrons. The molecular weight excluding hydrogens is 351 g/mol. The van der Waals surface area contributed by atoms with Crippen LogP contribution in [0.25, 0.3) is 0 Å². The fraction of sp³-hybridized carbons (Fsp3) is 0.412. The normalized spacial score (nSPS) is 16.8. The number of halogens is 3. The number of thiazole rings is 1. The molecule has 2 heterocycles. The van der Waals surface area contributed by atoms with E-state index in [1.54, 1.807) is 0 Å². The summed E-state index contributed by atoms with van der Waals surface area (Å²) in [5.41, 5.74) is 0.977. The highest BCUT2D eigenvalue weighted by Gasteiger charge is 2.38. The summed E-state index contributed by atoms with van der Waals surface area (Å²) < 4.78 is 38.7. The number of nitrogens with one attached hydrogen (secondary N) is 1. The first kappa shape index (κ1) is 17.9. The van der Waals surface area contributed by atoms with E-state index < -0.39 is 17.8 Å². The summed E-state index contributed by atoms with van der Waals surface area (Å²) in [6.07, 6.45) is -2.45. The predicted octanol–water partition coefficient (Wildman–Crippen LogP) is 3.73. The zero-order chi connectivity index (χ0) is 17.9. The number of hydrogen-bond acceptors (Lipinski definition) is 4. The van der Waals surface area contributed by atoms with Gasteiger partial charge in [-0.1, -0.05) is 30.3 Å². The molecule has 1 aliphatic heterocycles. The van der Waals surface area contributed by atoms with Crippen molar-refractivity contribution in [2.75, 3.05) is 19.6 Å². The number of likely N-dealkylation sites (tertiary alicyclic amines) is 1. The fourth-order valence-corrected chi connectivity index (χ4v) is 3.79. The summed E-state index contributed by atoms with van der Waals surface area (Å²) >= 11 is 0.707. The van der Waals surface area contributed by atoms with E-state index >= 15 is 0 Å². The maximum absolute atomic E-state index is 12.9. The number of benzene rings is 1. The Kier molecular flexibility index (Phi) is 5.39. The van der Waals surface area contributed by atoms with Crippen LogP contribution in [0.1, 0.15) is 39.8 Å². The highest BCUT2D eigenvalue weighted by atomic mass is 32.1. The molecule has 1 fully saturated rings. The quantitative estimate of drug-likeness (QED) is 0.874. The Hall–Kier alpha value is -1.93. The molecule has 0 bridgehead atoms. The van der Waals surface area contributed by atoms with Crippen LogP contribution < -0.4 is 5.32 Å². The maximum Gasteiger partial charge on any atom is 0.434 e. The van der Waals surface area contributed by atoms with Crippen LogP contribution in [0.3, 0.4) is 0 Å². The Labute approximate surface area is 147 Å². The number of hydrogen-bond donors (Lipinski definition) is 1. The molecule has 0 saturated carbocycles. The van der Waals surface area contributed by atoms with Crippen molar-refractivity contribution in [2.45, 2.75) is 25.1 Å². The first-order valence-electron chi connectivity index (χ1n) is 8.04. The minimum Gasteiger partial charge on any atom is -0.349 e. The molecule has 1 aromatic carbocycles. The average molecular weight is 369 g/mol. The Morgan fingerprint density at radius 2 is 1.92 bits per heavy atom. The molecule has 2 aromatic rings. The van der Waals surface area contributed by atoms with Gasteiger partial charge in [-0.05, 0) is 31.5 Å². The number of amides is 1. The van der Waals surface area contributed by atoms with Gasteiger partial charge in [0.1, 0.15) is 4.88 Å². The first-order chi connectivity index (χ1) is 12.0. The molecule has 1 saturated heterocycles. The zero-order valence-electron chi connectivity index (χ0n) is 13.4. The topological polar surface area (TPSA) is 45.2 Å². The van der Waals surface area contributed by atoms with Crippen molar-refractivity contribution in [1.29, 1.82) is 0 Å². The van der Waals surface area contributed by atoms with Crippen molar-refractivity contribution >= 4 is 17.2 Å². The van der Waals surface area contributed by atoms with Crippen LogP contribution in [0.2, 0.25) is 0 Å². The fourth-order valence-electron chi connectivity index (χ4n) is 3.07. The first-order valence-corrected chi connectivity index (χ1v) is 8.92. The molecule has 134 valence electrons. The van der Waals surface area contributed by atoms with Gasteiger partial charge in [-0.2, -0.15) is 13.2 Å². The van der Waals surface area contributed by atoms with E-state index in [4.69, 9.17) is 0 Å². The monoisotopic (exact) mass is 369 g/mol. The summed E-state index contributed by atoms with van der Waals surface area (Å²) in [5.74, 6) is -0.727. The number of aromatic nitrogens is 1. The van der Waals surface area contributed by atoms with Crippen LogP contribution in [0.15, 0.2) is 35.8 Å². The van der Waals surface area contributed by atoms with Gasteiger partial charge < -0.3 is 5.32 Å². The number of nitrogens with zero attached hydrogens (tertiary/aromatic N) is 2. The highest BCUT2D eigenvalue weighted by molar-refractivity contribution is 7.11. The van der Waals surface area contributed by atoms with E-state index in [-0.39, 0.29) is 17.5 Å². The van der Waals surface area contributed by atoms with Gasteiger partial charge in [0.25, 0.3) is 5.91 Å². The lowest BCUT2D eigenvalue weighted by atomic mass is 10.1. The van der Waals surface area contributed by atoms with Gasteiger partial charge in [0.05, 0.1) is 11.6 Å². The molecule has 0 spiro atoms. The highest BCUT2D eigenvalue weighted by Crippen LogP contribution is 2.32. The second-order valence-corrected chi connectivity index (χ2v) is 6.76. The lowest BCUT2D eigenvalue weighted by Gasteiger charge is -2.28. The molecule has 1 unspecified atom stereocenters. The molecule has 0 aliphatic carbocycles. The van der Waals surface area contributed by atoms with E-state index in [9.17, 15) is 18.0 Å². The van der Waals surface area contributed by atoms with Crippen molar-refractivity contribution in [3.63, 3.8) is 0 Å². The Bertz CT molecular complexity index is 711. The maximum atomic E-state index is 12.9. The molecule has 1 aromatic heterocycles. The van der Waals surface area contributed by atoms with E-state index in [0.29, 0.717) is 11.3 Å². The summed E-state index contributed by atoms with van der Waals surface area (Å²) in [7, 11) is 0. The number of rotatable bonds is 5. The molecule has 1 atom stereocenters. The Morgan fingerprint density at radius 3 is 2.56 bits per heavy atom. The van der Waals surface area contributed by atoms with Crippen molar-refractivity contribution in [3.8, 4) is 0 Å². The van der Waals surface area contributed by atoms with Gasteiger partial charge in [0.15, 0.2) is 5.69 Å². The van der Waals surface area contributed by atoms with Crippen LogP contribution in [0.4, 0.5) is 13.2 Å². The zero-order valence-corrected chi connectivity index (χ0v) is 14.2. The molecule has 1 aliphatic rings. The molecule has 25 heavy (non-hydrogen) atoms. The summed E-state index contributed by atoms with van der Waals surface area (Å²) in [4.78, 5) is 17.4. The van der Waals surface area contributed by atoms with Crippen LogP contribution >= 0.6 is 11.3 Å². The molecule has 4 nitrogen and oxygen atoms in total. The lowest BCUT2D eigenvalue weighted by Crippen LogP contribution is -2.37. The van der Waals surface area contributed by atoms with E-state index in [1.807, 2.05) is 30.3 Å². The Morgan fingerprint density at radius 1 is 1.24 bits per heavy atom. The summed E-state index contributed by atoms with van der Waals surface area (Å²) in [6.45, 7) is 2.10. The standard InChI is InChI=1S/C17H18F3N3OS/c18-17(19,20)15-14(25-11-22-15)16(24)21-10-13(23-8-4-5-9-23)12-6-2-1-3-7-12/h1-3,6-7,11,13H,4-5,8-10H2,(H,21,24). The largest absolute Gasteiger partial charge is 0.434 e. The molecule has 1 amide bonds. The average Bonchev–Trinajstić information content (AvgIpc) is 3.27. The van der Waals surface area contributed by atoms with E-state index in [2.05, 4.69) is 15.2 Å². The van der Waals surface area contributed by atoms with Gasteiger partial charge in [-0.3, -0.25) is 9.69 Å². The summed E-state index contributed by atoms with van der Waals surface area (Å²) in [5, 5.41) is 2.66. The van der Waals surface area contributed by atoms with Crippen LogP contribution in [0.5, 0.6) is 0 Å². The third-order valence-electron chi connectivity index (χ3n) is 4.26. The SMILES string of the molecule is O=C(NCC(c1ccccc1)N1CCCC1)c1scnc1C(F)(F)F. The molecular formula is C17H18F3N3OS. The third-order valence-corrected chi connectivity index (χ3v) is 5.09. The predicted molar refractivity (Wildman–Crippen MR) is 89.4 cm³/mol. The third kappa shape index (κ3) is 4.19. The second-order valence-electron chi connectivity index (χ2n) is 5.91. The number of alkyl halides is 3. The summed E-state index contributed by atoms with van der Waals surface area (Å²) in [6, 6.07) is 9.66. The minimum atomic E-state index is -4.62. The van der Waals surface area contributed by atoms with Gasteiger partial charge in [0, 0.05) is 6.54 Å². The lowest BCUT2D eigenvalue weighted by molar-refractivity contribution is -0.141.